The first-order chi connectivity index (χ1) is 43.0. The van der Waals surface area contributed by atoms with Gasteiger partial charge >= 0.3 is 29.6 Å². The average Bonchev–Trinajstić information content (AvgIpc) is 1.53. The number of halogens is 6. The van der Waals surface area contributed by atoms with Gasteiger partial charge in [0.2, 0.25) is 0 Å². The molecule has 3 radical (unpaired) electrons. The Hall–Kier alpha value is -5.03. The van der Waals surface area contributed by atoms with Crippen molar-refractivity contribution in [1.82, 2.24) is 15.0 Å². The summed E-state index contributed by atoms with van der Waals surface area (Å²) in [5, 5.41) is 65.4. The summed E-state index contributed by atoms with van der Waals surface area (Å²) >= 11 is 29.0. The number of fused-ring (bicyclic) bond motifs is 9. The molecule has 9 aromatic rings. The number of aliphatic hydroxyl groups is 6. The van der Waals surface area contributed by atoms with Crippen LogP contribution in [0.2, 0.25) is 15.1 Å². The van der Waals surface area contributed by atoms with Crippen LogP contribution in [0.1, 0.15) is 88.9 Å². The Morgan fingerprint density at radius 2 is 0.747 bits per heavy atom. The van der Waals surface area contributed by atoms with E-state index in [1.807, 2.05) is 164 Å². The van der Waals surface area contributed by atoms with Crippen molar-refractivity contribution in [2.24, 2.45) is 17.8 Å². The molecular weight excluding hydrogens is 1420 g/mol. The zero-order chi connectivity index (χ0) is 62.7. The summed E-state index contributed by atoms with van der Waals surface area (Å²) in [6.45, 7) is -0.351. The van der Waals surface area contributed by atoms with Gasteiger partial charge in [-0.3, -0.25) is 15.0 Å². The maximum atomic E-state index is 12.2. The van der Waals surface area contributed by atoms with Gasteiger partial charge < -0.3 is 51.1 Å². The van der Waals surface area contributed by atoms with E-state index in [2.05, 4.69) is 62.7 Å². The van der Waals surface area contributed by atoms with Crippen LogP contribution >= 0.6 is 82.6 Å². The first-order valence-electron chi connectivity index (χ1n) is 28.8. The summed E-state index contributed by atoms with van der Waals surface area (Å²) in [4.78, 5) is 25.5. The normalized spacial score (nSPS) is 28.6. The molecule has 6 aromatic carbocycles. The Balaban J connectivity index is 0.000000158. The van der Waals surface area contributed by atoms with Crippen LogP contribution in [0.3, 0.4) is 0 Å². The quantitative estimate of drug-likeness (QED) is 0.0589. The molecule has 1 unspecified atom stereocenters. The molecule has 3 aliphatic heterocycles. The number of aliphatic hydroxyl groups excluding tert-OH is 3. The summed E-state index contributed by atoms with van der Waals surface area (Å²) in [6.07, 6.45) is 6.92. The number of carbonyl (C=O) groups excluding carboxylic acids is 1. The van der Waals surface area contributed by atoms with Crippen molar-refractivity contribution in [3.63, 3.8) is 0 Å². The van der Waals surface area contributed by atoms with Crippen molar-refractivity contribution in [2.75, 3.05) is 20.3 Å². The molecule has 0 spiro atoms. The van der Waals surface area contributed by atoms with E-state index in [0.717, 1.165) is 60.2 Å². The maximum absolute atomic E-state index is 12.2. The summed E-state index contributed by atoms with van der Waals surface area (Å²) in [5.74, 6) is -0.832. The molecule has 12 atom stereocenters. The number of nitrogens with zero attached hydrogens (tertiary/aromatic N) is 3. The third kappa shape index (κ3) is 10.9. The monoisotopic (exact) mass is 1480 g/mol. The Morgan fingerprint density at radius 1 is 0.473 bits per heavy atom. The molecule has 3 aromatic heterocycles. The van der Waals surface area contributed by atoms with Crippen LogP contribution in [-0.2, 0) is 38.4 Å². The van der Waals surface area contributed by atoms with E-state index in [-0.39, 0.29) is 70.4 Å². The van der Waals surface area contributed by atoms with Crippen LogP contribution in [0.25, 0.3) is 0 Å². The van der Waals surface area contributed by atoms with Crippen molar-refractivity contribution < 1.29 is 80.6 Å². The molecule has 21 heteroatoms. The predicted molar refractivity (Wildman–Crippen MR) is 356 cm³/mol. The van der Waals surface area contributed by atoms with Gasteiger partial charge in [0.05, 0.1) is 21.0 Å². The van der Waals surface area contributed by atoms with Gasteiger partial charge in [0.1, 0.15) is 40.6 Å². The fraction of sp³-hybridized carbons (Fsp3) is 0.257. The molecule has 6 N–H and O–H groups in total. The molecule has 461 valence electrons. The molecule has 3 aliphatic carbocycles. The summed E-state index contributed by atoms with van der Waals surface area (Å²) < 4.78 is 22.6. The van der Waals surface area contributed by atoms with Gasteiger partial charge in [0.15, 0.2) is 33.6 Å². The van der Waals surface area contributed by atoms with Gasteiger partial charge in [-0.2, -0.15) is 0 Å². The van der Waals surface area contributed by atoms with Gasteiger partial charge in [0.25, 0.3) is 0 Å². The van der Waals surface area contributed by atoms with Crippen LogP contribution in [-0.4, -0.2) is 80.6 Å². The minimum absolute atomic E-state index is 0. The second-order valence-corrected chi connectivity index (χ2v) is 27.0. The van der Waals surface area contributed by atoms with Crippen molar-refractivity contribution in [3.05, 3.63) is 280 Å². The number of pyridine rings is 3. The summed E-state index contributed by atoms with van der Waals surface area (Å²) in [7, 11) is 1.00. The number of hydrogen-bond acceptors (Lipinski definition) is 13. The number of aldehydes is 1. The van der Waals surface area contributed by atoms with E-state index in [1.165, 1.54) is 18.6 Å². The van der Waals surface area contributed by atoms with Crippen LogP contribution in [0.4, 0.5) is 0 Å². The van der Waals surface area contributed by atoms with Crippen molar-refractivity contribution in [3.8, 4) is 17.2 Å². The molecule has 15 rings (SSSR count). The molecule has 13 nitrogen and oxygen atoms in total. The van der Waals surface area contributed by atoms with Crippen LogP contribution in [0, 0.1) is 17.8 Å². The predicted octanol–water partition coefficient (Wildman–Crippen LogP) is 10.9. The Morgan fingerprint density at radius 3 is 1.03 bits per heavy atom. The van der Waals surface area contributed by atoms with Gasteiger partial charge in [-0.1, -0.05) is 210 Å². The van der Waals surface area contributed by atoms with Crippen molar-refractivity contribution >= 4 is 97.3 Å². The maximum Gasteiger partial charge on any atom is 1.00 e. The second kappa shape index (κ2) is 27.4. The van der Waals surface area contributed by atoms with E-state index in [9.17, 15) is 30.3 Å². The van der Waals surface area contributed by atoms with Crippen molar-refractivity contribution in [1.29, 1.82) is 0 Å². The van der Waals surface area contributed by atoms with Gasteiger partial charge in [-0.25, -0.2) is 0 Å². The van der Waals surface area contributed by atoms with Gasteiger partial charge in [0, 0.05) is 109 Å². The number of benzene rings is 6. The topological polar surface area (TPSA) is 205 Å². The second-order valence-electron chi connectivity index (χ2n) is 22.9. The molecule has 3 fully saturated rings. The number of rotatable bonds is 9. The van der Waals surface area contributed by atoms with E-state index in [0.29, 0.717) is 68.7 Å². The van der Waals surface area contributed by atoms with E-state index in [4.69, 9.17) is 54.1 Å². The molecule has 3 saturated carbocycles. The fourth-order valence-corrected chi connectivity index (χ4v) is 16.4. The number of aromatic nitrogens is 3. The third-order valence-electron chi connectivity index (χ3n) is 18.8. The van der Waals surface area contributed by atoms with Gasteiger partial charge in [-0.05, 0) is 89.0 Å². The SMILES string of the molecule is CO.O=CC1C[C@@H](c2ccccc2)[C@]2(c3ccc(Br)cc3)Oc3cc(Cl)cnc3[C@]12O.OC[C@@H]1C[C@@H](c2ccccc2)[C@]2(c3ccc(Br)cc3)Oc3cc(Cl)cnc3[C@]12O.OC[C@H]1C[C@@H](c2ccccc2)[C@]2(c3ccc(Br)cc3)Oc3cc(Cl)cnc3[C@]12O.[B].[H-].[Na+]. The van der Waals surface area contributed by atoms with Gasteiger partial charge in [-0.15, -0.1) is 0 Å². The van der Waals surface area contributed by atoms with Crippen molar-refractivity contribution in [2.45, 2.75) is 70.6 Å². The van der Waals surface area contributed by atoms with Crippen LogP contribution in [0.5, 0.6) is 17.2 Å². The Kier molecular flexibility index (Phi) is 20.7. The summed E-state index contributed by atoms with van der Waals surface area (Å²) in [5.41, 5.74) is -1.25. The average molecular weight is 1480 g/mol. The number of carbonyl (C=O) groups is 1. The minimum atomic E-state index is -1.61. The first kappa shape index (κ1) is 68.8. The zero-order valence-corrected chi connectivity index (χ0v) is 58.2. The third-order valence-corrected chi connectivity index (χ3v) is 21.0. The zero-order valence-electron chi connectivity index (χ0n) is 50.1. The molecule has 6 heterocycles. The molecule has 6 aliphatic rings. The number of hydrogen-bond donors (Lipinski definition) is 6. The molecule has 0 bridgehead atoms. The smallest absolute Gasteiger partial charge is 1.00 e. The number of ether oxygens (including phenoxy) is 3. The van der Waals surface area contributed by atoms with E-state index in [1.54, 1.807) is 18.2 Å². The minimum Gasteiger partial charge on any atom is -1.00 e. The Labute approximate surface area is 592 Å². The first-order valence-corrected chi connectivity index (χ1v) is 32.3. The molecule has 0 saturated heterocycles. The van der Waals surface area contributed by atoms with Crippen LogP contribution < -0.4 is 43.8 Å². The fourth-order valence-electron chi connectivity index (χ4n) is 15.2. The standard InChI is InChI=1S/2C23H19BrClNO3.C23H17BrClNO3.CH4O.B.Na.H/c3*24-17-8-6-15(7-9-17)23-19(14-4-2-1-3-5-14)10-16(13-27)22(23,28)21-20(29-23)11-18(25)12-26-21;1-2;;;/h2*1-9,11-12,16,19,27-28H,10,13H2;1-9,11-13,16,19,28H,10H2;2H,1H3;;;/q;;;;;+1;-1/t16-,19+,22-,23+;16-,19-,22+,23-;16?,19-,22+,23-;;;;/m100..../s1. The van der Waals surface area contributed by atoms with Crippen LogP contribution in [0.15, 0.2) is 214 Å². The molecule has 0 amide bonds. The molecular formula is C70H60BBr3Cl3N3NaO10. The molecule has 91 heavy (non-hydrogen) atoms. The summed E-state index contributed by atoms with van der Waals surface area (Å²) in [6, 6.07) is 58.1. The van der Waals surface area contributed by atoms with E-state index >= 15 is 0 Å². The Bertz CT molecular complexity index is 3900. The van der Waals surface area contributed by atoms with E-state index < -0.39 is 51.4 Å². The largest absolute Gasteiger partial charge is 1.00 e.